The van der Waals surface area contributed by atoms with Gasteiger partial charge >= 0.3 is 0 Å². The third-order valence-electron chi connectivity index (χ3n) is 5.07. The first kappa shape index (κ1) is 15.6. The zero-order valence-electron chi connectivity index (χ0n) is 13.7. The summed E-state index contributed by atoms with van der Waals surface area (Å²) in [5, 5.41) is 4.28. The van der Waals surface area contributed by atoms with Crippen LogP contribution in [0, 0.1) is 5.92 Å². The van der Waals surface area contributed by atoms with Crippen LogP contribution in [-0.2, 0) is 4.79 Å². The first-order valence-corrected chi connectivity index (χ1v) is 9.62. The maximum atomic E-state index is 13.1. The summed E-state index contributed by atoms with van der Waals surface area (Å²) < 4.78 is 0. The van der Waals surface area contributed by atoms with Crippen molar-refractivity contribution in [2.45, 2.75) is 31.7 Å². The van der Waals surface area contributed by atoms with E-state index in [-0.39, 0.29) is 12.0 Å². The Kier molecular flexibility index (Phi) is 4.47. The highest BCUT2D eigenvalue weighted by Crippen LogP contribution is 2.35. The van der Waals surface area contributed by atoms with Gasteiger partial charge in [-0.05, 0) is 54.1 Å². The van der Waals surface area contributed by atoms with Gasteiger partial charge in [0.05, 0.1) is 12.0 Å². The Balaban J connectivity index is 1.47. The fourth-order valence-electron chi connectivity index (χ4n) is 3.89. The average Bonchev–Trinajstić information content (AvgIpc) is 3.33. The van der Waals surface area contributed by atoms with E-state index in [0.717, 1.165) is 51.3 Å². The quantitative estimate of drug-likeness (QED) is 0.860. The van der Waals surface area contributed by atoms with Crippen molar-refractivity contribution in [3.05, 3.63) is 40.8 Å². The third kappa shape index (κ3) is 3.02. The number of hydrogen-bond donors (Lipinski definition) is 0. The standard InChI is InChI=1S/C18H22N4OS/c23-17(22-10-2-5-16(22)15-6-11-24-13-15)14-4-1-9-21(12-14)18-19-7-3-8-20-18/h3,6-8,11,13-14,16H,1-2,4-5,9-10,12H2. The van der Waals surface area contributed by atoms with Crippen molar-refractivity contribution in [2.75, 3.05) is 24.5 Å². The van der Waals surface area contributed by atoms with Crippen LogP contribution in [0.25, 0.3) is 0 Å². The molecule has 2 fully saturated rings. The molecule has 0 aliphatic carbocycles. The summed E-state index contributed by atoms with van der Waals surface area (Å²) in [5.41, 5.74) is 1.30. The van der Waals surface area contributed by atoms with Gasteiger partial charge in [-0.25, -0.2) is 9.97 Å². The van der Waals surface area contributed by atoms with E-state index in [1.807, 2.05) is 6.07 Å². The Labute approximate surface area is 146 Å². The SMILES string of the molecule is O=C(C1CCCN(c2ncccn2)C1)N1CCCC1c1ccsc1. The van der Waals surface area contributed by atoms with Crippen LogP contribution in [0.1, 0.15) is 37.3 Å². The molecular weight excluding hydrogens is 320 g/mol. The lowest BCUT2D eigenvalue weighted by molar-refractivity contribution is -0.136. The molecule has 1 amide bonds. The van der Waals surface area contributed by atoms with Crippen LogP contribution in [0.2, 0.25) is 0 Å². The second-order valence-corrected chi connectivity index (χ2v) is 7.36. The van der Waals surface area contributed by atoms with E-state index in [0.29, 0.717) is 5.91 Å². The fourth-order valence-corrected chi connectivity index (χ4v) is 4.60. The van der Waals surface area contributed by atoms with Gasteiger partial charge in [-0.2, -0.15) is 11.3 Å². The van der Waals surface area contributed by atoms with Gasteiger partial charge in [0.1, 0.15) is 0 Å². The number of likely N-dealkylation sites (tertiary alicyclic amines) is 1. The summed E-state index contributed by atoms with van der Waals surface area (Å²) in [4.78, 5) is 26.1. The van der Waals surface area contributed by atoms with Gasteiger partial charge in [-0.15, -0.1) is 0 Å². The number of carbonyl (C=O) groups is 1. The van der Waals surface area contributed by atoms with Crippen molar-refractivity contribution in [3.8, 4) is 0 Å². The van der Waals surface area contributed by atoms with Crippen molar-refractivity contribution in [2.24, 2.45) is 5.92 Å². The number of hydrogen-bond acceptors (Lipinski definition) is 5. The monoisotopic (exact) mass is 342 g/mol. The molecule has 126 valence electrons. The zero-order valence-corrected chi connectivity index (χ0v) is 14.5. The minimum Gasteiger partial charge on any atom is -0.340 e. The molecule has 2 aliphatic heterocycles. The number of piperidine rings is 1. The van der Waals surface area contributed by atoms with E-state index < -0.39 is 0 Å². The van der Waals surface area contributed by atoms with Crippen molar-refractivity contribution in [1.29, 1.82) is 0 Å². The van der Waals surface area contributed by atoms with Crippen LogP contribution in [0.3, 0.4) is 0 Å². The van der Waals surface area contributed by atoms with Crippen LogP contribution < -0.4 is 4.90 Å². The molecule has 0 radical (unpaired) electrons. The summed E-state index contributed by atoms with van der Waals surface area (Å²) in [7, 11) is 0. The molecule has 2 aromatic rings. The molecule has 2 atom stereocenters. The number of carbonyl (C=O) groups excluding carboxylic acids is 1. The fraction of sp³-hybridized carbons (Fsp3) is 0.500. The number of aromatic nitrogens is 2. The molecule has 4 heterocycles. The summed E-state index contributed by atoms with van der Waals surface area (Å²) >= 11 is 1.71. The summed E-state index contributed by atoms with van der Waals surface area (Å²) in [5.74, 6) is 1.11. The lowest BCUT2D eigenvalue weighted by atomic mass is 9.96. The molecule has 2 saturated heterocycles. The van der Waals surface area contributed by atoms with E-state index in [4.69, 9.17) is 0 Å². The van der Waals surface area contributed by atoms with Gasteiger partial charge < -0.3 is 9.80 Å². The lowest BCUT2D eigenvalue weighted by Gasteiger charge is -2.35. The highest BCUT2D eigenvalue weighted by Gasteiger charge is 2.36. The van der Waals surface area contributed by atoms with Gasteiger partial charge in [0, 0.05) is 32.0 Å². The first-order chi connectivity index (χ1) is 11.8. The molecule has 6 heteroatoms. The minimum atomic E-state index is 0.0572. The second-order valence-electron chi connectivity index (χ2n) is 6.58. The maximum absolute atomic E-state index is 13.1. The number of nitrogens with zero attached hydrogens (tertiary/aromatic N) is 4. The zero-order chi connectivity index (χ0) is 16.4. The highest BCUT2D eigenvalue weighted by atomic mass is 32.1. The summed E-state index contributed by atoms with van der Waals surface area (Å²) in [6, 6.07) is 4.25. The molecule has 0 spiro atoms. The van der Waals surface area contributed by atoms with Crippen molar-refractivity contribution < 1.29 is 4.79 Å². The molecule has 0 bridgehead atoms. The number of rotatable bonds is 3. The van der Waals surface area contributed by atoms with Crippen LogP contribution in [-0.4, -0.2) is 40.4 Å². The predicted octanol–water partition coefficient (Wildman–Crippen LogP) is 3.12. The second kappa shape index (κ2) is 6.89. The molecule has 24 heavy (non-hydrogen) atoms. The maximum Gasteiger partial charge on any atom is 0.227 e. The van der Waals surface area contributed by atoms with Crippen LogP contribution in [0.4, 0.5) is 5.95 Å². The van der Waals surface area contributed by atoms with Gasteiger partial charge in [-0.3, -0.25) is 4.79 Å². The van der Waals surface area contributed by atoms with Gasteiger partial charge in [0.2, 0.25) is 11.9 Å². The molecule has 2 aromatic heterocycles. The Morgan fingerprint density at radius 2 is 2.00 bits per heavy atom. The van der Waals surface area contributed by atoms with Gasteiger partial charge in [0.25, 0.3) is 0 Å². The summed E-state index contributed by atoms with van der Waals surface area (Å²) in [6.45, 7) is 2.55. The predicted molar refractivity (Wildman–Crippen MR) is 95.0 cm³/mol. The van der Waals surface area contributed by atoms with E-state index in [2.05, 4.69) is 36.6 Å². The normalized spacial score (nSPS) is 24.3. The Morgan fingerprint density at radius 3 is 2.79 bits per heavy atom. The van der Waals surface area contributed by atoms with E-state index in [9.17, 15) is 4.79 Å². The largest absolute Gasteiger partial charge is 0.340 e. The minimum absolute atomic E-state index is 0.0572. The van der Waals surface area contributed by atoms with Crippen LogP contribution in [0.5, 0.6) is 0 Å². The summed E-state index contributed by atoms with van der Waals surface area (Å²) in [6.07, 6.45) is 7.70. The Hall–Kier alpha value is -1.95. The lowest BCUT2D eigenvalue weighted by Crippen LogP contribution is -2.45. The number of anilines is 1. The van der Waals surface area contributed by atoms with E-state index in [1.165, 1.54) is 5.56 Å². The number of amides is 1. The molecule has 0 saturated carbocycles. The Bertz CT molecular complexity index is 676. The van der Waals surface area contributed by atoms with Crippen molar-refractivity contribution in [3.63, 3.8) is 0 Å². The first-order valence-electron chi connectivity index (χ1n) is 8.67. The highest BCUT2D eigenvalue weighted by molar-refractivity contribution is 7.07. The van der Waals surface area contributed by atoms with E-state index in [1.54, 1.807) is 23.7 Å². The molecular formula is C18H22N4OS. The van der Waals surface area contributed by atoms with Gasteiger partial charge in [-0.1, -0.05) is 0 Å². The van der Waals surface area contributed by atoms with Crippen LogP contribution in [0.15, 0.2) is 35.3 Å². The topological polar surface area (TPSA) is 49.3 Å². The average molecular weight is 342 g/mol. The molecule has 2 aliphatic rings. The van der Waals surface area contributed by atoms with E-state index >= 15 is 0 Å². The molecule has 4 rings (SSSR count). The van der Waals surface area contributed by atoms with Crippen LogP contribution >= 0.6 is 11.3 Å². The Morgan fingerprint density at radius 1 is 1.17 bits per heavy atom. The molecule has 2 unspecified atom stereocenters. The van der Waals surface area contributed by atoms with Gasteiger partial charge in [0.15, 0.2) is 0 Å². The molecule has 5 nitrogen and oxygen atoms in total. The van der Waals surface area contributed by atoms with Crippen molar-refractivity contribution in [1.82, 2.24) is 14.9 Å². The third-order valence-corrected chi connectivity index (χ3v) is 5.77. The molecule has 0 N–H and O–H groups in total. The molecule has 0 aromatic carbocycles. The number of thiophene rings is 1. The smallest absolute Gasteiger partial charge is 0.227 e. The van der Waals surface area contributed by atoms with Crippen molar-refractivity contribution >= 4 is 23.2 Å².